The second-order valence-corrected chi connectivity index (χ2v) is 18.3. The highest BCUT2D eigenvalue weighted by molar-refractivity contribution is 7.56. The van der Waals surface area contributed by atoms with E-state index in [9.17, 15) is 23.7 Å². The van der Waals surface area contributed by atoms with Crippen LogP contribution in [0.3, 0.4) is 0 Å². The summed E-state index contributed by atoms with van der Waals surface area (Å²) in [5.74, 6) is -0.412. The maximum Gasteiger partial charge on any atom is 0.323 e. The van der Waals surface area contributed by atoms with E-state index in [1.807, 2.05) is 48.4 Å². The van der Waals surface area contributed by atoms with E-state index in [-0.39, 0.29) is 42.5 Å². The number of carbonyl (C=O) groups excluding carboxylic acids is 4. The van der Waals surface area contributed by atoms with Crippen LogP contribution in [0, 0.1) is 0 Å². The van der Waals surface area contributed by atoms with Gasteiger partial charge in [-0.1, -0.05) is 50.1 Å². The van der Waals surface area contributed by atoms with Crippen molar-refractivity contribution in [3.8, 4) is 5.75 Å². The second kappa shape index (κ2) is 17.7. The number of pyridine rings is 1. The molecule has 3 aliphatic rings. The van der Waals surface area contributed by atoms with Gasteiger partial charge in [-0.25, -0.2) is 5.09 Å². The van der Waals surface area contributed by atoms with E-state index in [4.69, 9.17) is 9.26 Å². The van der Waals surface area contributed by atoms with Gasteiger partial charge in [0.2, 0.25) is 11.8 Å². The number of aromatic nitrogens is 1. The van der Waals surface area contributed by atoms with Crippen LogP contribution in [0.15, 0.2) is 79.1 Å². The zero-order valence-electron chi connectivity index (χ0n) is 31.9. The van der Waals surface area contributed by atoms with Crippen molar-refractivity contribution in [1.82, 2.24) is 25.2 Å². The number of ether oxygens (including phenoxy) is 1. The predicted octanol–water partition coefficient (Wildman–Crippen LogP) is 7.05. The molecule has 3 saturated heterocycles. The Kier molecular flexibility index (Phi) is 12.5. The topological polar surface area (TPSA) is 147 Å². The number of para-hydroxylation sites is 1. The van der Waals surface area contributed by atoms with E-state index >= 15 is 0 Å². The molecule has 6 atom stereocenters. The summed E-state index contributed by atoms with van der Waals surface area (Å²) in [4.78, 5) is 63.1. The summed E-state index contributed by atoms with van der Waals surface area (Å²) in [6.07, 6.45) is 9.63. The molecule has 2 aromatic carbocycles. The summed E-state index contributed by atoms with van der Waals surface area (Å²) in [5.41, 5.74) is 1.82. The van der Waals surface area contributed by atoms with Crippen molar-refractivity contribution in [2.45, 2.75) is 101 Å². The molecule has 4 aromatic rings. The Hall–Kier alpha value is -4.58. The van der Waals surface area contributed by atoms with Gasteiger partial charge < -0.3 is 24.4 Å². The quantitative estimate of drug-likeness (QED) is 0.107. The van der Waals surface area contributed by atoms with Crippen molar-refractivity contribution in [3.05, 3.63) is 95.1 Å². The average Bonchev–Trinajstić information content (AvgIpc) is 3.96. The van der Waals surface area contributed by atoms with Crippen LogP contribution in [-0.4, -0.2) is 82.3 Å². The Bertz CT molecular complexity index is 2080. The molecule has 0 spiro atoms. The zero-order chi connectivity index (χ0) is 39.2. The highest BCUT2D eigenvalue weighted by Gasteiger charge is 2.46. The number of thiophene rings is 1. The molecule has 56 heavy (non-hydrogen) atoms. The minimum atomic E-state index is -3.68. The molecule has 2 N–H and O–H groups in total. The number of esters is 1. The molecule has 3 fully saturated rings. The van der Waals surface area contributed by atoms with Crippen LogP contribution < -0.4 is 14.9 Å². The predicted molar refractivity (Wildman–Crippen MR) is 216 cm³/mol. The molecule has 12 nitrogen and oxygen atoms in total. The first kappa shape index (κ1) is 39.6. The molecule has 2 unspecified atom stereocenters. The Morgan fingerprint density at radius 3 is 2.61 bits per heavy atom. The van der Waals surface area contributed by atoms with Crippen molar-refractivity contribution in [2.24, 2.45) is 0 Å². The highest BCUT2D eigenvalue weighted by Crippen LogP contribution is 2.47. The van der Waals surface area contributed by atoms with Gasteiger partial charge in [-0.2, -0.15) is 0 Å². The third-order valence-corrected chi connectivity index (χ3v) is 14.1. The monoisotopic (exact) mass is 799 g/mol. The van der Waals surface area contributed by atoms with Crippen LogP contribution in [0.25, 0.3) is 10.1 Å². The molecular weight excluding hydrogens is 750 g/mol. The van der Waals surface area contributed by atoms with E-state index in [1.54, 1.807) is 48.4 Å². The first-order valence-electron chi connectivity index (χ1n) is 19.7. The fraction of sp³-hybridized carbons (Fsp3) is 0.452. The molecule has 0 bridgehead atoms. The maximum absolute atomic E-state index is 14.3. The number of amides is 3. The Labute approximate surface area is 331 Å². The third kappa shape index (κ3) is 9.17. The van der Waals surface area contributed by atoms with Gasteiger partial charge in [-0.05, 0) is 98.4 Å². The van der Waals surface area contributed by atoms with Gasteiger partial charge in [-0.15, -0.1) is 11.3 Å². The van der Waals surface area contributed by atoms with Crippen LogP contribution in [0.1, 0.15) is 91.9 Å². The second-order valence-electron chi connectivity index (χ2n) is 15.1. The van der Waals surface area contributed by atoms with Crippen molar-refractivity contribution >= 4 is 52.6 Å². The number of nitrogens with one attached hydrogen (secondary N) is 2. The summed E-state index contributed by atoms with van der Waals surface area (Å²) >= 11 is 1.32. The lowest BCUT2D eigenvalue weighted by atomic mass is 9.99. The van der Waals surface area contributed by atoms with Gasteiger partial charge in [0.05, 0.1) is 17.6 Å². The fourth-order valence-electron chi connectivity index (χ4n) is 8.17. The van der Waals surface area contributed by atoms with Crippen molar-refractivity contribution < 1.29 is 33.0 Å². The van der Waals surface area contributed by atoms with E-state index in [0.29, 0.717) is 48.5 Å². The molecule has 5 heterocycles. The number of rotatable bonds is 13. The molecule has 296 valence electrons. The number of benzene rings is 2. The van der Waals surface area contributed by atoms with Gasteiger partial charge in [0.25, 0.3) is 5.91 Å². The average molecular weight is 800 g/mol. The summed E-state index contributed by atoms with van der Waals surface area (Å²) < 4.78 is 26.5. The van der Waals surface area contributed by atoms with E-state index < -0.39 is 31.6 Å². The molecule has 2 aromatic heterocycles. The van der Waals surface area contributed by atoms with Gasteiger partial charge in [-0.3, -0.25) is 28.7 Å². The number of likely N-dealkylation sites (tertiary alicyclic amines) is 1. The van der Waals surface area contributed by atoms with Crippen molar-refractivity contribution in [2.75, 3.05) is 19.7 Å². The van der Waals surface area contributed by atoms with Crippen LogP contribution in [0.5, 0.6) is 5.75 Å². The Morgan fingerprint density at radius 2 is 1.82 bits per heavy atom. The molecule has 0 saturated carbocycles. The van der Waals surface area contributed by atoms with E-state index in [0.717, 1.165) is 47.8 Å². The van der Waals surface area contributed by atoms with Gasteiger partial charge >= 0.3 is 13.5 Å². The summed E-state index contributed by atoms with van der Waals surface area (Å²) in [5, 5.41) is 6.74. The van der Waals surface area contributed by atoms with Crippen LogP contribution in [-0.2, 0) is 29.8 Å². The largest absolute Gasteiger partial charge is 0.465 e. The molecule has 7 rings (SSSR count). The smallest absolute Gasteiger partial charge is 0.323 e. The standard InChI is InChI=1S/C42H50N5O7PS/c1-3-22-53-42(51)28(2)45-55(52,54-34-12-5-4-6-13-34)27-29-15-18-37-32(23-29)24-38(56-37)39(48)44-35-14-8-7-11-33-16-17-36(47(33)40(35)49)41(50)46-21-19-31(26-46)30-10-9-20-43-25-30/h4-6,9-10,12-13,15,18,20,23-25,28,31,33,35-36H,3,7-8,11,14,16-17,19,21-22,26-27H2,1-2H3,(H,44,48)(H,45,52)/t28-,31?,33-,35-,36-,55?/m0/s1. The van der Waals surface area contributed by atoms with Gasteiger partial charge in [0.1, 0.15) is 23.9 Å². The normalized spacial score (nSPS) is 22.8. The third-order valence-electron chi connectivity index (χ3n) is 11.0. The summed E-state index contributed by atoms with van der Waals surface area (Å²) in [6.45, 7) is 5.03. The fourth-order valence-corrected chi connectivity index (χ4v) is 11.2. The molecular formula is C42H50N5O7PS. The maximum atomic E-state index is 14.3. The zero-order valence-corrected chi connectivity index (χ0v) is 33.6. The van der Waals surface area contributed by atoms with E-state index in [2.05, 4.69) is 21.5 Å². The first-order chi connectivity index (χ1) is 27.1. The highest BCUT2D eigenvalue weighted by atomic mass is 32.1. The van der Waals surface area contributed by atoms with Crippen LogP contribution in [0.4, 0.5) is 0 Å². The van der Waals surface area contributed by atoms with Crippen LogP contribution >= 0.6 is 18.9 Å². The molecule has 0 radical (unpaired) electrons. The lowest BCUT2D eigenvalue weighted by molar-refractivity contribution is -0.146. The number of hydrogen-bond acceptors (Lipinski definition) is 9. The number of nitrogens with zero attached hydrogens (tertiary/aromatic N) is 3. The SMILES string of the molecule is CCCOC(=O)[C@H](C)NP(=O)(Cc1ccc2sc(C(=O)N[C@H]3CCCC[C@H]4CC[C@@H](C(=O)N5CCC(c6cccnc6)C5)N4C3=O)cc2c1)Oc1ccccc1. The molecule has 14 heteroatoms. The minimum Gasteiger partial charge on any atom is -0.465 e. The lowest BCUT2D eigenvalue weighted by Gasteiger charge is -2.36. The number of hydrogen-bond donors (Lipinski definition) is 2. The molecule has 3 amide bonds. The summed E-state index contributed by atoms with van der Waals surface area (Å²) in [6, 6.07) is 18.0. The number of carbonyl (C=O) groups is 4. The van der Waals surface area contributed by atoms with Gasteiger partial charge in [0.15, 0.2) is 0 Å². The van der Waals surface area contributed by atoms with Crippen molar-refractivity contribution in [3.63, 3.8) is 0 Å². The molecule has 3 aliphatic heterocycles. The molecule has 0 aliphatic carbocycles. The lowest BCUT2D eigenvalue weighted by Crippen LogP contribution is -2.56. The summed E-state index contributed by atoms with van der Waals surface area (Å²) in [7, 11) is -3.68. The van der Waals surface area contributed by atoms with Crippen LogP contribution in [0.2, 0.25) is 0 Å². The Morgan fingerprint density at radius 1 is 1.00 bits per heavy atom. The minimum absolute atomic E-state index is 0.00185. The van der Waals surface area contributed by atoms with E-state index in [1.165, 1.54) is 11.3 Å². The Balaban J connectivity index is 1.04. The number of fused-ring (bicyclic) bond motifs is 2. The van der Waals surface area contributed by atoms with Crippen molar-refractivity contribution in [1.29, 1.82) is 0 Å². The first-order valence-corrected chi connectivity index (χ1v) is 22.4. The van der Waals surface area contributed by atoms with Gasteiger partial charge in [0, 0.05) is 42.1 Å².